The second-order valence-electron chi connectivity index (χ2n) is 5.40. The monoisotopic (exact) mass is 285 g/mol. The highest BCUT2D eigenvalue weighted by Gasteiger charge is 2.23. The van der Waals surface area contributed by atoms with E-state index < -0.39 is 0 Å². The summed E-state index contributed by atoms with van der Waals surface area (Å²) >= 11 is 0. The molecule has 3 rings (SSSR count). The lowest BCUT2D eigenvalue weighted by Crippen LogP contribution is -2.45. The molecule has 1 aromatic carbocycles. The van der Waals surface area contributed by atoms with E-state index >= 15 is 0 Å². The first-order chi connectivity index (χ1) is 10.2. The van der Waals surface area contributed by atoms with Crippen molar-refractivity contribution in [2.45, 2.75) is 25.4 Å². The number of carbonyl (C=O) groups excluding carboxylic acids is 1. The number of aromatic nitrogens is 3. The van der Waals surface area contributed by atoms with Crippen molar-refractivity contribution >= 4 is 5.91 Å². The lowest BCUT2D eigenvalue weighted by Gasteiger charge is -2.31. The zero-order chi connectivity index (χ0) is 14.7. The van der Waals surface area contributed by atoms with Gasteiger partial charge in [-0.05, 0) is 24.5 Å². The van der Waals surface area contributed by atoms with Crippen LogP contribution < -0.4 is 5.73 Å². The number of likely N-dealkylation sites (tertiary alicyclic amines) is 1. The first kappa shape index (κ1) is 13.8. The van der Waals surface area contributed by atoms with Crippen LogP contribution in [0.25, 0.3) is 0 Å². The van der Waals surface area contributed by atoms with E-state index in [-0.39, 0.29) is 11.9 Å². The molecule has 1 saturated heterocycles. The quantitative estimate of drug-likeness (QED) is 0.908. The maximum atomic E-state index is 12.7. The largest absolute Gasteiger partial charge is 0.337 e. The van der Waals surface area contributed by atoms with Crippen molar-refractivity contribution in [3.63, 3.8) is 0 Å². The van der Waals surface area contributed by atoms with E-state index in [2.05, 4.69) is 10.1 Å². The molecule has 2 heterocycles. The normalized spacial score (nSPS) is 18.7. The van der Waals surface area contributed by atoms with E-state index in [1.807, 2.05) is 29.2 Å². The first-order valence-electron chi connectivity index (χ1n) is 7.19. The summed E-state index contributed by atoms with van der Waals surface area (Å²) in [6, 6.07) is 7.74. The number of nitrogens with zero attached hydrogens (tertiary/aromatic N) is 4. The van der Waals surface area contributed by atoms with Crippen LogP contribution in [0.5, 0.6) is 0 Å². The second-order valence-corrected chi connectivity index (χ2v) is 5.40. The van der Waals surface area contributed by atoms with Gasteiger partial charge >= 0.3 is 0 Å². The van der Waals surface area contributed by atoms with Gasteiger partial charge in [-0.3, -0.25) is 4.79 Å². The molecule has 1 aromatic heterocycles. The second kappa shape index (κ2) is 6.05. The van der Waals surface area contributed by atoms with Gasteiger partial charge in [0, 0.05) is 24.7 Å². The van der Waals surface area contributed by atoms with Crippen molar-refractivity contribution in [1.29, 1.82) is 0 Å². The molecule has 0 radical (unpaired) electrons. The van der Waals surface area contributed by atoms with Gasteiger partial charge in [0.15, 0.2) is 0 Å². The van der Waals surface area contributed by atoms with Crippen molar-refractivity contribution < 1.29 is 4.79 Å². The van der Waals surface area contributed by atoms with Crippen molar-refractivity contribution in [2.75, 3.05) is 13.1 Å². The summed E-state index contributed by atoms with van der Waals surface area (Å²) in [6.45, 7) is 1.96. The van der Waals surface area contributed by atoms with Crippen LogP contribution in [0.15, 0.2) is 36.9 Å². The van der Waals surface area contributed by atoms with Gasteiger partial charge in [-0.2, -0.15) is 5.10 Å². The molecule has 0 aliphatic carbocycles. The summed E-state index contributed by atoms with van der Waals surface area (Å²) in [5, 5.41) is 4.10. The third kappa shape index (κ3) is 3.11. The Hall–Kier alpha value is -2.21. The lowest BCUT2D eigenvalue weighted by atomic mass is 10.0. The van der Waals surface area contributed by atoms with Gasteiger partial charge in [0.1, 0.15) is 12.7 Å². The molecule has 1 aliphatic rings. The first-order valence-corrected chi connectivity index (χ1v) is 7.19. The molecule has 1 fully saturated rings. The molecule has 0 saturated carbocycles. The molecular weight excluding hydrogens is 266 g/mol. The number of carbonyl (C=O) groups is 1. The average molecular weight is 285 g/mol. The number of amides is 1. The number of hydrogen-bond donors (Lipinski definition) is 1. The fourth-order valence-electron chi connectivity index (χ4n) is 2.72. The van der Waals surface area contributed by atoms with E-state index in [0.29, 0.717) is 13.1 Å². The van der Waals surface area contributed by atoms with Crippen molar-refractivity contribution in [1.82, 2.24) is 19.7 Å². The Kier molecular flexibility index (Phi) is 3.96. The summed E-state index contributed by atoms with van der Waals surface area (Å²) in [7, 11) is 0. The third-order valence-electron chi connectivity index (χ3n) is 3.79. The Morgan fingerprint density at radius 3 is 3.00 bits per heavy atom. The van der Waals surface area contributed by atoms with Crippen LogP contribution in [0.1, 0.15) is 28.8 Å². The zero-order valence-corrected chi connectivity index (χ0v) is 11.9. The molecule has 1 unspecified atom stereocenters. The average Bonchev–Trinajstić information content (AvgIpc) is 3.00. The molecule has 21 heavy (non-hydrogen) atoms. The zero-order valence-electron chi connectivity index (χ0n) is 11.9. The van der Waals surface area contributed by atoms with Gasteiger partial charge in [-0.25, -0.2) is 9.67 Å². The summed E-state index contributed by atoms with van der Waals surface area (Å²) in [5.74, 6) is 0.0564. The van der Waals surface area contributed by atoms with Crippen LogP contribution in [-0.4, -0.2) is 44.7 Å². The molecule has 2 aromatic rings. The predicted octanol–water partition coefficient (Wildman–Crippen LogP) is 0.890. The molecular formula is C15H19N5O. The summed E-state index contributed by atoms with van der Waals surface area (Å²) in [5.41, 5.74) is 7.65. The van der Waals surface area contributed by atoms with Gasteiger partial charge in [0.05, 0.1) is 6.54 Å². The Labute approximate surface area is 123 Å². The number of piperidine rings is 1. The summed E-state index contributed by atoms with van der Waals surface area (Å²) in [6.07, 6.45) is 5.11. The molecule has 6 heteroatoms. The Morgan fingerprint density at radius 2 is 2.24 bits per heavy atom. The Bertz CT molecular complexity index is 610. The minimum Gasteiger partial charge on any atom is -0.337 e. The van der Waals surface area contributed by atoms with E-state index in [1.54, 1.807) is 11.0 Å². The maximum absolute atomic E-state index is 12.7. The van der Waals surface area contributed by atoms with E-state index in [0.717, 1.165) is 30.5 Å². The smallest absolute Gasteiger partial charge is 0.254 e. The summed E-state index contributed by atoms with van der Waals surface area (Å²) < 4.78 is 1.72. The van der Waals surface area contributed by atoms with Gasteiger partial charge in [0.25, 0.3) is 5.91 Å². The van der Waals surface area contributed by atoms with Crippen LogP contribution in [0.2, 0.25) is 0 Å². The predicted molar refractivity (Wildman–Crippen MR) is 78.7 cm³/mol. The molecule has 0 spiro atoms. The van der Waals surface area contributed by atoms with Crippen LogP contribution in [0.3, 0.4) is 0 Å². The number of benzene rings is 1. The third-order valence-corrected chi connectivity index (χ3v) is 3.79. The molecule has 1 atom stereocenters. The van der Waals surface area contributed by atoms with E-state index in [4.69, 9.17) is 5.73 Å². The topological polar surface area (TPSA) is 77.0 Å². The van der Waals surface area contributed by atoms with E-state index in [9.17, 15) is 4.79 Å². The number of nitrogens with two attached hydrogens (primary N) is 1. The van der Waals surface area contributed by atoms with Gasteiger partial charge in [-0.1, -0.05) is 18.2 Å². The van der Waals surface area contributed by atoms with Crippen molar-refractivity contribution in [3.05, 3.63) is 48.0 Å². The molecule has 6 nitrogen and oxygen atoms in total. The van der Waals surface area contributed by atoms with Crippen LogP contribution in [0, 0.1) is 0 Å². The Morgan fingerprint density at radius 1 is 1.38 bits per heavy atom. The van der Waals surface area contributed by atoms with Gasteiger partial charge in [-0.15, -0.1) is 0 Å². The SMILES string of the molecule is NC1CCCN(C(=O)c2ccccc2Cn2cncn2)C1. The maximum Gasteiger partial charge on any atom is 0.254 e. The summed E-state index contributed by atoms with van der Waals surface area (Å²) in [4.78, 5) is 18.5. The van der Waals surface area contributed by atoms with E-state index in [1.165, 1.54) is 6.33 Å². The Balaban J connectivity index is 1.82. The van der Waals surface area contributed by atoms with Crippen molar-refractivity contribution in [3.8, 4) is 0 Å². The standard InChI is InChI=1S/C15H19N5O/c16-13-5-3-7-19(9-13)15(21)14-6-2-1-4-12(14)8-20-11-17-10-18-20/h1-2,4,6,10-11,13H,3,5,7-9,16H2. The van der Waals surface area contributed by atoms with Crippen molar-refractivity contribution in [2.24, 2.45) is 5.73 Å². The molecule has 1 aliphatic heterocycles. The fraction of sp³-hybridized carbons (Fsp3) is 0.400. The number of hydrogen-bond acceptors (Lipinski definition) is 4. The van der Waals surface area contributed by atoms with Gasteiger partial charge in [0.2, 0.25) is 0 Å². The molecule has 110 valence electrons. The molecule has 0 bridgehead atoms. The molecule has 1 amide bonds. The highest BCUT2D eigenvalue weighted by molar-refractivity contribution is 5.95. The fourth-order valence-corrected chi connectivity index (χ4v) is 2.72. The minimum atomic E-state index is 0.0564. The highest BCUT2D eigenvalue weighted by atomic mass is 16.2. The minimum absolute atomic E-state index is 0.0564. The highest BCUT2D eigenvalue weighted by Crippen LogP contribution is 2.16. The van der Waals surface area contributed by atoms with Crippen LogP contribution >= 0.6 is 0 Å². The number of rotatable bonds is 3. The molecule has 2 N–H and O–H groups in total. The van der Waals surface area contributed by atoms with Crippen LogP contribution in [0.4, 0.5) is 0 Å². The lowest BCUT2D eigenvalue weighted by molar-refractivity contribution is 0.0707. The van der Waals surface area contributed by atoms with Crippen LogP contribution in [-0.2, 0) is 6.54 Å². The van der Waals surface area contributed by atoms with Gasteiger partial charge < -0.3 is 10.6 Å².